The Kier molecular flexibility index (Phi) is 2.63. The van der Waals surface area contributed by atoms with Gasteiger partial charge < -0.3 is 4.90 Å². The molecular weight excluding hydrogens is 228 g/mol. The topological polar surface area (TPSA) is 49.4 Å². The summed E-state index contributed by atoms with van der Waals surface area (Å²) in [6, 6.07) is 9.99. The standard InChI is InChI=1S/C14H14N2O2/c17-13-11-7-4-8-16(12(11)14(18)15-13)9-10-5-2-1-3-6-10/h1-3,5-6H,4,7-9H2,(H,15,17,18). The van der Waals surface area contributed by atoms with Crippen molar-refractivity contribution in [1.82, 2.24) is 10.2 Å². The SMILES string of the molecule is O=C1NC(=O)C2=C1CCCN2Cc1ccccc1. The molecule has 2 aliphatic heterocycles. The second-order valence-corrected chi connectivity index (χ2v) is 4.62. The van der Waals surface area contributed by atoms with Crippen molar-refractivity contribution in [3.63, 3.8) is 0 Å². The normalized spacial score (nSPS) is 19.0. The number of amides is 2. The third-order valence-electron chi connectivity index (χ3n) is 3.39. The molecule has 1 aromatic rings. The van der Waals surface area contributed by atoms with E-state index in [4.69, 9.17) is 0 Å². The number of hydrogen-bond acceptors (Lipinski definition) is 3. The molecule has 92 valence electrons. The van der Waals surface area contributed by atoms with E-state index in [1.165, 1.54) is 0 Å². The Hall–Kier alpha value is -2.10. The molecule has 0 saturated carbocycles. The Bertz CT molecular complexity index is 534. The van der Waals surface area contributed by atoms with Gasteiger partial charge in [-0.1, -0.05) is 30.3 Å². The first-order valence-electron chi connectivity index (χ1n) is 6.13. The minimum atomic E-state index is -0.245. The summed E-state index contributed by atoms with van der Waals surface area (Å²) in [7, 11) is 0. The van der Waals surface area contributed by atoms with Crippen molar-refractivity contribution in [1.29, 1.82) is 0 Å². The van der Waals surface area contributed by atoms with Crippen molar-refractivity contribution in [2.45, 2.75) is 19.4 Å². The quantitative estimate of drug-likeness (QED) is 0.793. The zero-order chi connectivity index (χ0) is 12.5. The van der Waals surface area contributed by atoms with Crippen LogP contribution in [0.3, 0.4) is 0 Å². The number of carbonyl (C=O) groups excluding carboxylic acids is 2. The number of benzene rings is 1. The van der Waals surface area contributed by atoms with E-state index < -0.39 is 0 Å². The second kappa shape index (κ2) is 4.29. The van der Waals surface area contributed by atoms with Gasteiger partial charge in [0.1, 0.15) is 5.70 Å². The van der Waals surface area contributed by atoms with Gasteiger partial charge in [0.25, 0.3) is 11.8 Å². The van der Waals surface area contributed by atoms with Gasteiger partial charge in [0.15, 0.2) is 0 Å². The van der Waals surface area contributed by atoms with Gasteiger partial charge in [0.05, 0.1) is 0 Å². The Morgan fingerprint density at radius 2 is 1.89 bits per heavy atom. The molecule has 0 aliphatic carbocycles. The summed E-state index contributed by atoms with van der Waals surface area (Å²) >= 11 is 0. The Morgan fingerprint density at radius 3 is 2.67 bits per heavy atom. The largest absolute Gasteiger partial charge is 0.362 e. The van der Waals surface area contributed by atoms with E-state index in [1.54, 1.807) is 0 Å². The summed E-state index contributed by atoms with van der Waals surface area (Å²) in [5.74, 6) is -0.460. The monoisotopic (exact) mass is 242 g/mol. The van der Waals surface area contributed by atoms with E-state index >= 15 is 0 Å². The fourth-order valence-electron chi connectivity index (χ4n) is 2.57. The third-order valence-corrected chi connectivity index (χ3v) is 3.39. The van der Waals surface area contributed by atoms with Gasteiger partial charge in [-0.15, -0.1) is 0 Å². The molecule has 0 radical (unpaired) electrons. The van der Waals surface area contributed by atoms with Gasteiger partial charge in [-0.25, -0.2) is 0 Å². The number of carbonyl (C=O) groups is 2. The highest BCUT2D eigenvalue weighted by Gasteiger charge is 2.35. The average molecular weight is 242 g/mol. The summed E-state index contributed by atoms with van der Waals surface area (Å²) in [5.41, 5.74) is 2.38. The van der Waals surface area contributed by atoms with Gasteiger partial charge in [-0.05, 0) is 18.4 Å². The molecule has 0 bridgehead atoms. The van der Waals surface area contributed by atoms with E-state index in [9.17, 15) is 9.59 Å². The first-order valence-corrected chi connectivity index (χ1v) is 6.13. The molecule has 3 rings (SSSR count). The molecule has 0 unspecified atom stereocenters. The maximum Gasteiger partial charge on any atom is 0.274 e. The number of nitrogens with zero attached hydrogens (tertiary/aromatic N) is 1. The Morgan fingerprint density at radius 1 is 1.11 bits per heavy atom. The van der Waals surface area contributed by atoms with Crippen LogP contribution in [0.5, 0.6) is 0 Å². The van der Waals surface area contributed by atoms with E-state index in [1.807, 2.05) is 35.2 Å². The molecule has 2 heterocycles. The summed E-state index contributed by atoms with van der Waals surface area (Å²) < 4.78 is 0. The van der Waals surface area contributed by atoms with Crippen LogP contribution in [0.2, 0.25) is 0 Å². The fourth-order valence-corrected chi connectivity index (χ4v) is 2.57. The number of imide groups is 1. The fraction of sp³-hybridized carbons (Fsp3) is 0.286. The Labute approximate surface area is 105 Å². The molecule has 1 aromatic carbocycles. The van der Waals surface area contributed by atoms with Gasteiger partial charge in [-0.3, -0.25) is 14.9 Å². The van der Waals surface area contributed by atoms with E-state index in [0.717, 1.165) is 18.5 Å². The third kappa shape index (κ3) is 1.79. The van der Waals surface area contributed by atoms with Crippen molar-refractivity contribution >= 4 is 11.8 Å². The molecule has 4 nitrogen and oxygen atoms in total. The zero-order valence-corrected chi connectivity index (χ0v) is 9.98. The Balaban J connectivity index is 1.89. The molecular formula is C14H14N2O2. The molecule has 2 amide bonds. The van der Waals surface area contributed by atoms with Crippen molar-refractivity contribution in [3.05, 3.63) is 47.2 Å². The van der Waals surface area contributed by atoms with Gasteiger partial charge in [0, 0.05) is 18.7 Å². The molecule has 0 atom stereocenters. The van der Waals surface area contributed by atoms with Crippen LogP contribution in [-0.2, 0) is 16.1 Å². The predicted octanol–water partition coefficient (Wildman–Crippen LogP) is 1.19. The molecule has 0 aromatic heterocycles. The second-order valence-electron chi connectivity index (χ2n) is 4.62. The van der Waals surface area contributed by atoms with Crippen LogP contribution >= 0.6 is 0 Å². The van der Waals surface area contributed by atoms with Crippen LogP contribution in [0.25, 0.3) is 0 Å². The maximum absolute atomic E-state index is 11.8. The lowest BCUT2D eigenvalue weighted by atomic mass is 10.0. The molecule has 4 heteroatoms. The molecule has 2 aliphatic rings. The average Bonchev–Trinajstić information content (AvgIpc) is 2.67. The lowest BCUT2D eigenvalue weighted by Gasteiger charge is -2.28. The lowest BCUT2D eigenvalue weighted by molar-refractivity contribution is -0.124. The zero-order valence-electron chi connectivity index (χ0n) is 9.98. The smallest absolute Gasteiger partial charge is 0.274 e. The minimum Gasteiger partial charge on any atom is -0.362 e. The van der Waals surface area contributed by atoms with E-state index in [-0.39, 0.29) is 11.8 Å². The highest BCUT2D eigenvalue weighted by atomic mass is 16.2. The summed E-state index contributed by atoms with van der Waals surface area (Å²) in [4.78, 5) is 25.4. The van der Waals surface area contributed by atoms with Crippen LogP contribution in [-0.4, -0.2) is 23.3 Å². The summed E-state index contributed by atoms with van der Waals surface area (Å²) in [6.45, 7) is 1.51. The lowest BCUT2D eigenvalue weighted by Crippen LogP contribution is -2.32. The first-order chi connectivity index (χ1) is 8.75. The molecule has 18 heavy (non-hydrogen) atoms. The first kappa shape index (κ1) is 11.0. The summed E-state index contributed by atoms with van der Waals surface area (Å²) in [5, 5.41) is 2.38. The van der Waals surface area contributed by atoms with E-state index in [2.05, 4.69) is 5.32 Å². The van der Waals surface area contributed by atoms with Crippen LogP contribution in [0.15, 0.2) is 41.6 Å². The maximum atomic E-state index is 11.8. The predicted molar refractivity (Wildman–Crippen MR) is 66.3 cm³/mol. The number of rotatable bonds is 2. The van der Waals surface area contributed by atoms with Crippen molar-refractivity contribution in [2.75, 3.05) is 6.54 Å². The number of nitrogens with one attached hydrogen (secondary N) is 1. The van der Waals surface area contributed by atoms with Crippen LogP contribution in [0.1, 0.15) is 18.4 Å². The number of hydrogen-bond donors (Lipinski definition) is 1. The molecule has 0 spiro atoms. The van der Waals surface area contributed by atoms with Crippen LogP contribution < -0.4 is 5.32 Å². The highest BCUT2D eigenvalue weighted by molar-refractivity contribution is 6.19. The van der Waals surface area contributed by atoms with Crippen molar-refractivity contribution in [3.8, 4) is 0 Å². The van der Waals surface area contributed by atoms with Crippen molar-refractivity contribution in [2.24, 2.45) is 0 Å². The van der Waals surface area contributed by atoms with Gasteiger partial charge in [0.2, 0.25) is 0 Å². The highest BCUT2D eigenvalue weighted by Crippen LogP contribution is 2.27. The molecule has 0 saturated heterocycles. The van der Waals surface area contributed by atoms with Crippen LogP contribution in [0.4, 0.5) is 0 Å². The molecule has 0 fully saturated rings. The summed E-state index contributed by atoms with van der Waals surface area (Å²) in [6.07, 6.45) is 1.63. The van der Waals surface area contributed by atoms with Crippen molar-refractivity contribution < 1.29 is 9.59 Å². The van der Waals surface area contributed by atoms with Gasteiger partial charge in [-0.2, -0.15) is 0 Å². The van der Waals surface area contributed by atoms with Crippen LogP contribution in [0, 0.1) is 0 Å². The van der Waals surface area contributed by atoms with E-state index in [0.29, 0.717) is 24.2 Å². The van der Waals surface area contributed by atoms with Gasteiger partial charge >= 0.3 is 0 Å². The molecule has 1 N–H and O–H groups in total. The minimum absolute atomic E-state index is 0.215.